The summed E-state index contributed by atoms with van der Waals surface area (Å²) in [6, 6.07) is 16.9. The number of quaternary nitrogens is 1. The third kappa shape index (κ3) is 3.99. The van der Waals surface area contributed by atoms with Gasteiger partial charge in [-0.2, -0.15) is 0 Å². The molecule has 0 aliphatic heterocycles. The zero-order valence-corrected chi connectivity index (χ0v) is 14.9. The molecule has 0 fully saturated rings. The van der Waals surface area contributed by atoms with Crippen molar-refractivity contribution in [3.63, 3.8) is 0 Å². The third-order valence-corrected chi connectivity index (χ3v) is 5.21. The maximum absolute atomic E-state index is 6.26. The summed E-state index contributed by atoms with van der Waals surface area (Å²) >= 11 is 7.97. The van der Waals surface area contributed by atoms with Gasteiger partial charge in [0.2, 0.25) is 0 Å². The molecule has 0 aliphatic rings. The van der Waals surface area contributed by atoms with Crippen LogP contribution in [-0.2, 0) is 6.54 Å². The predicted octanol–water partition coefficient (Wildman–Crippen LogP) is 4.60. The van der Waals surface area contributed by atoms with Crippen LogP contribution < -0.4 is 5.32 Å². The molecule has 0 bridgehead atoms. The molecule has 4 heteroatoms. The molecule has 3 aromatic rings. The highest BCUT2D eigenvalue weighted by atomic mass is 35.5. The Morgan fingerprint density at radius 3 is 2.61 bits per heavy atom. The summed E-state index contributed by atoms with van der Waals surface area (Å²) in [5.74, 6) is 0. The number of hydrogen-bond donors (Lipinski definition) is 1. The van der Waals surface area contributed by atoms with Crippen molar-refractivity contribution < 1.29 is 5.32 Å². The molecule has 2 nitrogen and oxygen atoms in total. The minimum Gasteiger partial charge on any atom is -0.335 e. The van der Waals surface area contributed by atoms with Crippen LogP contribution in [0, 0.1) is 6.92 Å². The first-order chi connectivity index (χ1) is 11.1. The Bertz CT molecular complexity index is 780. The molecule has 118 valence electrons. The van der Waals surface area contributed by atoms with E-state index in [0.29, 0.717) is 6.04 Å². The fraction of sp³-hybridized carbons (Fsp3) is 0.211. The lowest BCUT2D eigenvalue weighted by Gasteiger charge is -2.11. The molecular formula is C19H20ClN2S+. The topological polar surface area (TPSA) is 29.5 Å². The van der Waals surface area contributed by atoms with Gasteiger partial charge < -0.3 is 5.32 Å². The van der Waals surface area contributed by atoms with Gasteiger partial charge in [-0.25, -0.2) is 4.98 Å². The Balaban J connectivity index is 1.65. The van der Waals surface area contributed by atoms with E-state index in [1.807, 2.05) is 18.2 Å². The number of nitrogens with two attached hydrogens (primary N) is 1. The third-order valence-electron chi connectivity index (χ3n) is 3.93. The normalized spacial score (nSPS) is 12.3. The van der Waals surface area contributed by atoms with Gasteiger partial charge in [-0.05, 0) is 19.9 Å². The Kier molecular flexibility index (Phi) is 5.11. The quantitative estimate of drug-likeness (QED) is 0.721. The first-order valence-corrected chi connectivity index (χ1v) is 8.98. The van der Waals surface area contributed by atoms with Crippen LogP contribution in [0.15, 0.2) is 53.9 Å². The molecule has 0 spiro atoms. The summed E-state index contributed by atoms with van der Waals surface area (Å²) < 4.78 is 0. The smallest absolute Gasteiger partial charge is 0.123 e. The summed E-state index contributed by atoms with van der Waals surface area (Å²) in [7, 11) is 0. The van der Waals surface area contributed by atoms with Gasteiger partial charge in [-0.15, -0.1) is 11.3 Å². The minimum atomic E-state index is 0.313. The van der Waals surface area contributed by atoms with Crippen molar-refractivity contribution in [3.05, 3.63) is 75.8 Å². The number of rotatable bonds is 5. The van der Waals surface area contributed by atoms with Crippen molar-refractivity contribution in [3.8, 4) is 10.6 Å². The lowest BCUT2D eigenvalue weighted by atomic mass is 10.1. The first kappa shape index (κ1) is 16.2. The zero-order valence-electron chi connectivity index (χ0n) is 13.3. The Hall–Kier alpha value is -1.68. The molecular weight excluding hydrogens is 324 g/mol. The molecule has 0 amide bonds. The Morgan fingerprint density at radius 1 is 1.13 bits per heavy atom. The van der Waals surface area contributed by atoms with Crippen LogP contribution in [0.5, 0.6) is 0 Å². The maximum atomic E-state index is 6.26. The molecule has 23 heavy (non-hydrogen) atoms. The fourth-order valence-electron chi connectivity index (χ4n) is 2.50. The van der Waals surface area contributed by atoms with Gasteiger partial charge in [0.05, 0.1) is 0 Å². The number of nitrogens with zero attached hydrogens (tertiary/aromatic N) is 1. The van der Waals surface area contributed by atoms with Crippen LogP contribution in [0.4, 0.5) is 0 Å². The number of thiazole rings is 1. The largest absolute Gasteiger partial charge is 0.335 e. The van der Waals surface area contributed by atoms with Crippen molar-refractivity contribution in [1.29, 1.82) is 0 Å². The minimum absolute atomic E-state index is 0.313. The van der Waals surface area contributed by atoms with E-state index in [-0.39, 0.29) is 0 Å². The number of aryl methyl sites for hydroxylation is 1. The van der Waals surface area contributed by atoms with E-state index in [2.05, 4.69) is 54.9 Å². The SMILES string of the molecule is Cc1ccc(-c2nc(C[NH2+][C@@H](C)c3ccccc3Cl)cs2)cc1. The van der Waals surface area contributed by atoms with Crippen molar-refractivity contribution in [2.24, 2.45) is 0 Å². The van der Waals surface area contributed by atoms with E-state index < -0.39 is 0 Å². The highest BCUT2D eigenvalue weighted by Crippen LogP contribution is 2.24. The predicted molar refractivity (Wildman–Crippen MR) is 97.8 cm³/mol. The molecule has 1 heterocycles. The van der Waals surface area contributed by atoms with E-state index >= 15 is 0 Å². The Morgan fingerprint density at radius 2 is 1.87 bits per heavy atom. The molecule has 3 rings (SSSR count). The van der Waals surface area contributed by atoms with Crippen molar-refractivity contribution in [2.45, 2.75) is 26.4 Å². The van der Waals surface area contributed by atoms with Crippen LogP contribution in [0.3, 0.4) is 0 Å². The van der Waals surface area contributed by atoms with Gasteiger partial charge >= 0.3 is 0 Å². The standard InChI is InChI=1S/C19H19ClN2S/c1-13-7-9-15(10-8-13)19-22-16(12-23-19)11-21-14(2)17-5-3-4-6-18(17)20/h3-10,12,14,21H,11H2,1-2H3/p+1/t14-/m0/s1. The van der Waals surface area contributed by atoms with Crippen LogP contribution in [-0.4, -0.2) is 4.98 Å². The van der Waals surface area contributed by atoms with E-state index in [0.717, 1.165) is 22.3 Å². The highest BCUT2D eigenvalue weighted by Gasteiger charge is 2.13. The van der Waals surface area contributed by atoms with Gasteiger partial charge in [-0.3, -0.25) is 0 Å². The molecule has 1 aromatic heterocycles. The average Bonchev–Trinajstić information content (AvgIpc) is 3.03. The van der Waals surface area contributed by atoms with Crippen LogP contribution in [0.25, 0.3) is 10.6 Å². The summed E-state index contributed by atoms with van der Waals surface area (Å²) in [6.07, 6.45) is 0. The van der Waals surface area contributed by atoms with Crippen molar-refractivity contribution in [1.82, 2.24) is 4.98 Å². The second-order valence-electron chi connectivity index (χ2n) is 5.76. The van der Waals surface area contributed by atoms with Gasteiger partial charge in [-0.1, -0.05) is 59.6 Å². The average molecular weight is 344 g/mol. The summed E-state index contributed by atoms with van der Waals surface area (Å²) in [6.45, 7) is 5.13. The molecule has 1 atom stereocenters. The molecule has 2 aromatic carbocycles. The zero-order chi connectivity index (χ0) is 16.2. The van der Waals surface area contributed by atoms with Crippen molar-refractivity contribution in [2.75, 3.05) is 0 Å². The summed E-state index contributed by atoms with van der Waals surface area (Å²) in [5.41, 5.74) is 4.74. The van der Waals surface area contributed by atoms with E-state index in [1.54, 1.807) is 11.3 Å². The number of halogens is 1. The second-order valence-corrected chi connectivity index (χ2v) is 7.03. The molecule has 0 aliphatic carbocycles. The van der Waals surface area contributed by atoms with Crippen LogP contribution in [0.2, 0.25) is 5.02 Å². The lowest BCUT2D eigenvalue weighted by Crippen LogP contribution is -2.83. The van der Waals surface area contributed by atoms with Crippen molar-refractivity contribution >= 4 is 22.9 Å². The van der Waals surface area contributed by atoms with E-state index in [4.69, 9.17) is 16.6 Å². The maximum Gasteiger partial charge on any atom is 0.123 e. The molecule has 0 saturated heterocycles. The molecule has 0 saturated carbocycles. The summed E-state index contributed by atoms with van der Waals surface area (Å²) in [5, 5.41) is 6.33. The van der Waals surface area contributed by atoms with Gasteiger partial charge in [0.25, 0.3) is 0 Å². The molecule has 2 N–H and O–H groups in total. The lowest BCUT2D eigenvalue weighted by molar-refractivity contribution is -0.708. The Labute approximate surface area is 146 Å². The first-order valence-electron chi connectivity index (χ1n) is 7.72. The number of aromatic nitrogens is 1. The van der Waals surface area contributed by atoms with Crippen LogP contribution >= 0.6 is 22.9 Å². The van der Waals surface area contributed by atoms with Gasteiger partial charge in [0, 0.05) is 21.5 Å². The number of hydrogen-bond acceptors (Lipinski definition) is 2. The number of benzene rings is 2. The highest BCUT2D eigenvalue weighted by molar-refractivity contribution is 7.13. The fourth-order valence-corrected chi connectivity index (χ4v) is 3.64. The van der Waals surface area contributed by atoms with E-state index in [1.165, 1.54) is 16.7 Å². The second kappa shape index (κ2) is 7.26. The van der Waals surface area contributed by atoms with Gasteiger partial charge in [0.15, 0.2) is 0 Å². The molecule has 0 unspecified atom stereocenters. The molecule has 0 radical (unpaired) electrons. The van der Waals surface area contributed by atoms with E-state index in [9.17, 15) is 0 Å². The summed E-state index contributed by atoms with van der Waals surface area (Å²) in [4.78, 5) is 4.75. The monoisotopic (exact) mass is 343 g/mol. The van der Waals surface area contributed by atoms with Gasteiger partial charge in [0.1, 0.15) is 23.3 Å². The van der Waals surface area contributed by atoms with Crippen LogP contribution in [0.1, 0.15) is 29.8 Å².